The van der Waals surface area contributed by atoms with Gasteiger partial charge in [0.1, 0.15) is 0 Å². The van der Waals surface area contributed by atoms with Gasteiger partial charge in [-0.15, -0.1) is 0 Å². The van der Waals surface area contributed by atoms with E-state index in [2.05, 4.69) is 0 Å². The largest absolute Gasteiger partial charge is 0.378 e. The van der Waals surface area contributed by atoms with Gasteiger partial charge >= 0.3 is 0 Å². The summed E-state index contributed by atoms with van der Waals surface area (Å²) in [5, 5.41) is 0. The van der Waals surface area contributed by atoms with Crippen LogP contribution in [0.1, 0.15) is 32.6 Å². The van der Waals surface area contributed by atoms with Crippen LogP contribution in [0.25, 0.3) is 0 Å². The lowest BCUT2D eigenvalue weighted by atomic mass is 9.98. The summed E-state index contributed by atoms with van der Waals surface area (Å²) in [6.07, 6.45) is 4.47. The summed E-state index contributed by atoms with van der Waals surface area (Å²) >= 11 is 0. The Labute approximate surface area is 97.1 Å². The van der Waals surface area contributed by atoms with Gasteiger partial charge in [-0.2, -0.15) is 0 Å². The maximum absolute atomic E-state index is 12.3. The molecule has 4 nitrogen and oxygen atoms in total. The van der Waals surface area contributed by atoms with E-state index in [0.717, 1.165) is 25.8 Å². The molecule has 2 rings (SSSR count). The van der Waals surface area contributed by atoms with Crippen LogP contribution in [0.3, 0.4) is 0 Å². The minimum absolute atomic E-state index is 0.0714. The van der Waals surface area contributed by atoms with Crippen molar-refractivity contribution in [1.82, 2.24) is 4.90 Å². The fourth-order valence-electron chi connectivity index (χ4n) is 2.76. The quantitative estimate of drug-likeness (QED) is 0.756. The molecule has 0 aromatic rings. The van der Waals surface area contributed by atoms with E-state index in [4.69, 9.17) is 10.5 Å². The summed E-state index contributed by atoms with van der Waals surface area (Å²) in [5.74, 6) is 0.335. The zero-order valence-corrected chi connectivity index (χ0v) is 10.0. The average Bonchev–Trinajstić information content (AvgIpc) is 2.75. The molecular weight excluding hydrogens is 204 g/mol. The van der Waals surface area contributed by atoms with E-state index in [1.54, 1.807) is 0 Å². The molecule has 4 heteroatoms. The Bertz CT molecular complexity index is 257. The second kappa shape index (κ2) is 5.15. The van der Waals surface area contributed by atoms with Crippen LogP contribution in [0.4, 0.5) is 0 Å². The number of likely N-dealkylation sites (tertiary alicyclic amines) is 1. The number of amides is 1. The maximum atomic E-state index is 12.3. The van der Waals surface area contributed by atoms with Gasteiger partial charge in [0, 0.05) is 19.1 Å². The van der Waals surface area contributed by atoms with Crippen LogP contribution in [0, 0.1) is 5.92 Å². The van der Waals surface area contributed by atoms with E-state index in [9.17, 15) is 4.79 Å². The van der Waals surface area contributed by atoms with Gasteiger partial charge in [-0.1, -0.05) is 0 Å². The predicted octanol–water partition coefficient (Wildman–Crippen LogP) is 0.751. The van der Waals surface area contributed by atoms with E-state index in [-0.39, 0.29) is 24.0 Å². The second-order valence-electron chi connectivity index (χ2n) is 4.99. The molecule has 0 aliphatic carbocycles. The van der Waals surface area contributed by atoms with Crippen molar-refractivity contribution in [3.63, 3.8) is 0 Å². The Hall–Kier alpha value is -0.610. The van der Waals surface area contributed by atoms with Crippen molar-refractivity contribution in [3.8, 4) is 0 Å². The Balaban J connectivity index is 1.96. The van der Waals surface area contributed by atoms with Crippen LogP contribution >= 0.6 is 0 Å². The second-order valence-corrected chi connectivity index (χ2v) is 4.99. The lowest BCUT2D eigenvalue weighted by molar-refractivity contribution is -0.139. The molecule has 2 heterocycles. The van der Waals surface area contributed by atoms with Gasteiger partial charge in [0.05, 0.1) is 18.6 Å². The number of nitrogens with zero attached hydrogens (tertiary/aromatic N) is 1. The maximum Gasteiger partial charge on any atom is 0.228 e. The summed E-state index contributed by atoms with van der Waals surface area (Å²) < 4.78 is 5.47. The van der Waals surface area contributed by atoms with E-state index in [0.29, 0.717) is 13.2 Å². The lowest BCUT2D eigenvalue weighted by Gasteiger charge is -2.36. The summed E-state index contributed by atoms with van der Waals surface area (Å²) in [6.45, 7) is 4.10. The Morgan fingerprint density at radius 1 is 1.50 bits per heavy atom. The smallest absolute Gasteiger partial charge is 0.228 e. The summed E-state index contributed by atoms with van der Waals surface area (Å²) in [5.41, 5.74) is 5.73. The molecular formula is C12H22N2O2. The topological polar surface area (TPSA) is 55.6 Å². The highest BCUT2D eigenvalue weighted by atomic mass is 16.5. The molecule has 16 heavy (non-hydrogen) atoms. The van der Waals surface area contributed by atoms with E-state index >= 15 is 0 Å². The molecule has 92 valence electrons. The van der Waals surface area contributed by atoms with Crippen LogP contribution in [0.5, 0.6) is 0 Å². The number of piperidine rings is 1. The summed E-state index contributed by atoms with van der Waals surface area (Å²) in [7, 11) is 0. The molecule has 2 fully saturated rings. The van der Waals surface area contributed by atoms with Crippen molar-refractivity contribution in [3.05, 3.63) is 0 Å². The molecule has 3 unspecified atom stereocenters. The third-order valence-electron chi connectivity index (χ3n) is 3.73. The van der Waals surface area contributed by atoms with Crippen LogP contribution in [-0.2, 0) is 9.53 Å². The number of hydrogen-bond donors (Lipinski definition) is 1. The first-order valence-electron chi connectivity index (χ1n) is 6.34. The van der Waals surface area contributed by atoms with Gasteiger partial charge in [0.25, 0.3) is 0 Å². The Kier molecular flexibility index (Phi) is 3.82. The number of carbonyl (C=O) groups is 1. The first kappa shape index (κ1) is 11.9. The fraction of sp³-hybridized carbons (Fsp3) is 0.917. The number of rotatable bonds is 2. The fourth-order valence-corrected chi connectivity index (χ4v) is 2.76. The highest BCUT2D eigenvalue weighted by Crippen LogP contribution is 2.25. The molecule has 2 saturated heterocycles. The zero-order valence-electron chi connectivity index (χ0n) is 10.0. The minimum Gasteiger partial charge on any atom is -0.378 e. The molecule has 1 amide bonds. The van der Waals surface area contributed by atoms with Crippen LogP contribution < -0.4 is 5.73 Å². The third kappa shape index (κ3) is 2.38. The molecule has 0 spiro atoms. The predicted molar refractivity (Wildman–Crippen MR) is 61.9 cm³/mol. The van der Waals surface area contributed by atoms with Gasteiger partial charge in [0.15, 0.2) is 0 Å². The molecule has 3 atom stereocenters. The molecule has 0 saturated carbocycles. The monoisotopic (exact) mass is 226 g/mol. The minimum atomic E-state index is 0.0714. The third-order valence-corrected chi connectivity index (χ3v) is 3.73. The van der Waals surface area contributed by atoms with Crippen molar-refractivity contribution in [2.24, 2.45) is 11.7 Å². The Morgan fingerprint density at radius 2 is 2.31 bits per heavy atom. The van der Waals surface area contributed by atoms with Crippen LogP contribution in [-0.4, -0.2) is 42.6 Å². The van der Waals surface area contributed by atoms with Gasteiger partial charge in [-0.3, -0.25) is 4.79 Å². The zero-order chi connectivity index (χ0) is 11.5. The van der Waals surface area contributed by atoms with Crippen LogP contribution in [0.15, 0.2) is 0 Å². The van der Waals surface area contributed by atoms with E-state index in [1.165, 1.54) is 6.42 Å². The van der Waals surface area contributed by atoms with Gasteiger partial charge in [0.2, 0.25) is 5.91 Å². The number of hydrogen-bond acceptors (Lipinski definition) is 3. The van der Waals surface area contributed by atoms with Gasteiger partial charge in [-0.05, 0) is 32.6 Å². The first-order chi connectivity index (χ1) is 7.72. The lowest BCUT2D eigenvalue weighted by Crippen LogP contribution is -2.49. The molecule has 0 bridgehead atoms. The van der Waals surface area contributed by atoms with Crippen LogP contribution in [0.2, 0.25) is 0 Å². The Morgan fingerprint density at radius 3 is 2.94 bits per heavy atom. The summed E-state index contributed by atoms with van der Waals surface area (Å²) in [4.78, 5) is 14.3. The van der Waals surface area contributed by atoms with E-state index in [1.807, 2.05) is 11.8 Å². The molecule has 0 aromatic heterocycles. The van der Waals surface area contributed by atoms with Crippen molar-refractivity contribution < 1.29 is 9.53 Å². The molecule has 2 aliphatic heterocycles. The first-order valence-corrected chi connectivity index (χ1v) is 6.34. The standard InChI is InChI=1S/C12H22N2O2/c1-9-6-10(8-16-9)12(15)14-5-3-2-4-11(14)7-13/h9-11H,2-8,13H2,1H3. The van der Waals surface area contributed by atoms with Crippen molar-refractivity contribution in [2.45, 2.75) is 44.8 Å². The summed E-state index contributed by atoms with van der Waals surface area (Å²) in [6, 6.07) is 0.261. The highest BCUT2D eigenvalue weighted by Gasteiger charge is 2.34. The normalized spacial score (nSPS) is 35.4. The highest BCUT2D eigenvalue weighted by molar-refractivity contribution is 5.79. The van der Waals surface area contributed by atoms with Gasteiger partial charge in [-0.25, -0.2) is 0 Å². The number of ether oxygens (including phenoxy) is 1. The number of nitrogens with two attached hydrogens (primary N) is 1. The molecule has 0 aromatic carbocycles. The van der Waals surface area contributed by atoms with E-state index < -0.39 is 0 Å². The van der Waals surface area contributed by atoms with Crippen molar-refractivity contribution in [2.75, 3.05) is 19.7 Å². The number of carbonyl (C=O) groups excluding carboxylic acids is 1. The van der Waals surface area contributed by atoms with Crippen molar-refractivity contribution in [1.29, 1.82) is 0 Å². The molecule has 2 aliphatic rings. The average molecular weight is 226 g/mol. The van der Waals surface area contributed by atoms with Crippen molar-refractivity contribution >= 4 is 5.91 Å². The SMILES string of the molecule is CC1CC(C(=O)N2CCCCC2CN)CO1. The molecule has 0 radical (unpaired) electrons. The van der Waals surface area contributed by atoms with Gasteiger partial charge < -0.3 is 15.4 Å². The molecule has 2 N–H and O–H groups in total.